The number of carbonyl (C=O) groups is 1. The van der Waals surface area contributed by atoms with Gasteiger partial charge >= 0.3 is 5.97 Å². The molecule has 0 aromatic carbocycles. The lowest BCUT2D eigenvalue weighted by Gasteiger charge is -2.24. The predicted octanol–water partition coefficient (Wildman–Crippen LogP) is -0.499. The zero-order valence-electron chi connectivity index (χ0n) is 9.36. The summed E-state index contributed by atoms with van der Waals surface area (Å²) in [6, 6.07) is -0.434. The van der Waals surface area contributed by atoms with E-state index in [9.17, 15) is 4.79 Å². The Labute approximate surface area is 90.3 Å². The summed E-state index contributed by atoms with van der Waals surface area (Å²) < 4.78 is 10.3. The summed E-state index contributed by atoms with van der Waals surface area (Å²) in [6.45, 7) is 6.24. The molecule has 5 heteroatoms. The lowest BCUT2D eigenvalue weighted by molar-refractivity contribution is -0.147. The van der Waals surface area contributed by atoms with Crippen LogP contribution in [0.2, 0.25) is 0 Å². The molecule has 0 aliphatic carbocycles. The van der Waals surface area contributed by atoms with Crippen molar-refractivity contribution in [2.75, 3.05) is 26.4 Å². The van der Waals surface area contributed by atoms with Gasteiger partial charge in [-0.2, -0.15) is 0 Å². The van der Waals surface area contributed by atoms with Gasteiger partial charge in [0.15, 0.2) is 0 Å². The number of esters is 1. The first-order valence-corrected chi connectivity index (χ1v) is 5.34. The lowest BCUT2D eigenvalue weighted by atomic mass is 10.1. The topological polar surface area (TPSA) is 73.6 Å². The van der Waals surface area contributed by atoms with Crippen LogP contribution in [0, 0.1) is 5.92 Å². The van der Waals surface area contributed by atoms with Crippen LogP contribution in [0.25, 0.3) is 0 Å². The molecule has 0 saturated carbocycles. The van der Waals surface area contributed by atoms with Crippen molar-refractivity contribution in [1.82, 2.24) is 5.32 Å². The largest absolute Gasteiger partial charge is 0.463 e. The molecule has 0 radical (unpaired) electrons. The average molecular weight is 216 g/mol. The van der Waals surface area contributed by atoms with Crippen molar-refractivity contribution in [2.45, 2.75) is 25.9 Å². The molecule has 5 nitrogen and oxygen atoms in total. The maximum Gasteiger partial charge on any atom is 0.323 e. The number of hydrogen-bond donors (Lipinski definition) is 2. The molecule has 0 bridgehead atoms. The normalized spacial score (nSPS) is 23.9. The number of morpholine rings is 1. The van der Waals surface area contributed by atoms with Gasteiger partial charge in [0.1, 0.15) is 12.6 Å². The fraction of sp³-hybridized carbons (Fsp3) is 0.900. The minimum Gasteiger partial charge on any atom is -0.463 e. The average Bonchev–Trinajstić information content (AvgIpc) is 2.26. The Morgan fingerprint density at radius 2 is 2.40 bits per heavy atom. The molecule has 1 heterocycles. The van der Waals surface area contributed by atoms with E-state index >= 15 is 0 Å². The van der Waals surface area contributed by atoms with Crippen molar-refractivity contribution >= 4 is 5.97 Å². The highest BCUT2D eigenvalue weighted by Crippen LogP contribution is 2.02. The zero-order chi connectivity index (χ0) is 11.3. The first-order chi connectivity index (χ1) is 7.11. The summed E-state index contributed by atoms with van der Waals surface area (Å²) in [5.74, 6) is -0.231. The standard InChI is InChI=1S/C10H20N2O3/c1-7(2)9(11)10(13)15-6-8-5-14-4-3-12-8/h7-9,12H,3-6,11H2,1-2H3/t8-,9-/m0/s1. The molecule has 0 amide bonds. The summed E-state index contributed by atoms with van der Waals surface area (Å²) in [5, 5.41) is 3.20. The van der Waals surface area contributed by atoms with Crippen molar-refractivity contribution < 1.29 is 14.3 Å². The van der Waals surface area contributed by atoms with E-state index in [-0.39, 0.29) is 17.9 Å². The summed E-state index contributed by atoms with van der Waals surface area (Å²) in [6.07, 6.45) is 0. The number of nitrogens with one attached hydrogen (secondary N) is 1. The molecule has 1 fully saturated rings. The van der Waals surface area contributed by atoms with Gasteiger partial charge in [-0.05, 0) is 5.92 Å². The molecule has 0 aromatic heterocycles. The quantitative estimate of drug-likeness (QED) is 0.620. The molecule has 0 aromatic rings. The molecular formula is C10H20N2O3. The second-order valence-corrected chi connectivity index (χ2v) is 4.13. The van der Waals surface area contributed by atoms with Crippen LogP contribution in [-0.2, 0) is 14.3 Å². The van der Waals surface area contributed by atoms with E-state index in [0.717, 1.165) is 13.2 Å². The van der Waals surface area contributed by atoms with Crippen molar-refractivity contribution in [1.29, 1.82) is 0 Å². The van der Waals surface area contributed by atoms with Gasteiger partial charge in [-0.3, -0.25) is 4.79 Å². The highest BCUT2D eigenvalue weighted by atomic mass is 16.5. The van der Waals surface area contributed by atoms with Gasteiger partial charge in [0, 0.05) is 6.54 Å². The molecule has 3 N–H and O–H groups in total. The maximum absolute atomic E-state index is 11.4. The molecule has 1 aliphatic rings. The molecule has 88 valence electrons. The third-order valence-corrected chi connectivity index (χ3v) is 2.42. The monoisotopic (exact) mass is 216 g/mol. The smallest absolute Gasteiger partial charge is 0.323 e. The van der Waals surface area contributed by atoms with Crippen LogP contribution < -0.4 is 11.1 Å². The summed E-state index contributed by atoms with van der Waals surface area (Å²) in [5.41, 5.74) is 5.65. The van der Waals surface area contributed by atoms with Crippen LogP contribution in [0.3, 0.4) is 0 Å². The summed E-state index contributed by atoms with van der Waals surface area (Å²) in [4.78, 5) is 11.4. The Morgan fingerprint density at radius 1 is 1.67 bits per heavy atom. The van der Waals surface area contributed by atoms with Crippen molar-refractivity contribution in [3.05, 3.63) is 0 Å². The third kappa shape index (κ3) is 4.15. The second-order valence-electron chi connectivity index (χ2n) is 4.13. The Hall–Kier alpha value is -0.650. The van der Waals surface area contributed by atoms with Crippen LogP contribution >= 0.6 is 0 Å². The summed E-state index contributed by atoms with van der Waals surface area (Å²) >= 11 is 0. The fourth-order valence-corrected chi connectivity index (χ4v) is 1.28. The number of hydrogen-bond acceptors (Lipinski definition) is 5. The molecular weight excluding hydrogens is 196 g/mol. The first-order valence-electron chi connectivity index (χ1n) is 5.34. The van der Waals surface area contributed by atoms with E-state index in [4.69, 9.17) is 15.2 Å². The van der Waals surface area contributed by atoms with Gasteiger partial charge in [-0.25, -0.2) is 0 Å². The zero-order valence-corrected chi connectivity index (χ0v) is 9.36. The number of ether oxygens (including phenoxy) is 2. The van der Waals surface area contributed by atoms with Crippen molar-refractivity contribution in [3.8, 4) is 0 Å². The van der Waals surface area contributed by atoms with Gasteiger partial charge in [0.25, 0.3) is 0 Å². The van der Waals surface area contributed by atoms with E-state index in [0.29, 0.717) is 13.2 Å². The van der Waals surface area contributed by atoms with E-state index in [1.54, 1.807) is 0 Å². The van der Waals surface area contributed by atoms with Crippen LogP contribution in [0.5, 0.6) is 0 Å². The molecule has 0 unspecified atom stereocenters. The van der Waals surface area contributed by atoms with Crippen LogP contribution in [0.1, 0.15) is 13.8 Å². The van der Waals surface area contributed by atoms with Crippen LogP contribution in [0.4, 0.5) is 0 Å². The second kappa shape index (κ2) is 6.05. The number of rotatable bonds is 4. The maximum atomic E-state index is 11.4. The number of carbonyl (C=O) groups excluding carboxylic acids is 1. The van der Waals surface area contributed by atoms with Crippen molar-refractivity contribution in [2.24, 2.45) is 11.7 Å². The molecule has 2 atom stereocenters. The van der Waals surface area contributed by atoms with E-state index < -0.39 is 6.04 Å². The highest BCUT2D eigenvalue weighted by molar-refractivity contribution is 5.75. The van der Waals surface area contributed by atoms with E-state index in [2.05, 4.69) is 5.32 Å². The van der Waals surface area contributed by atoms with Crippen LogP contribution in [-0.4, -0.2) is 44.4 Å². The third-order valence-electron chi connectivity index (χ3n) is 2.42. The number of nitrogens with two attached hydrogens (primary N) is 1. The highest BCUT2D eigenvalue weighted by Gasteiger charge is 2.21. The van der Waals surface area contributed by atoms with Crippen LogP contribution in [0.15, 0.2) is 0 Å². The van der Waals surface area contributed by atoms with Gasteiger partial charge in [0.2, 0.25) is 0 Å². The molecule has 1 rings (SSSR count). The lowest BCUT2D eigenvalue weighted by Crippen LogP contribution is -2.46. The molecule has 0 spiro atoms. The Bertz CT molecular complexity index is 203. The van der Waals surface area contributed by atoms with E-state index in [1.807, 2.05) is 13.8 Å². The molecule has 1 saturated heterocycles. The Balaban J connectivity index is 2.20. The van der Waals surface area contributed by atoms with Gasteiger partial charge in [0.05, 0.1) is 19.3 Å². The first kappa shape index (κ1) is 12.4. The van der Waals surface area contributed by atoms with Crippen molar-refractivity contribution in [3.63, 3.8) is 0 Å². The van der Waals surface area contributed by atoms with Gasteiger partial charge in [-0.1, -0.05) is 13.8 Å². The Kier molecular flexibility index (Phi) is 5.01. The fourth-order valence-electron chi connectivity index (χ4n) is 1.28. The SMILES string of the molecule is CC(C)[C@H](N)C(=O)OC[C@@H]1COCCN1. The molecule has 1 aliphatic heterocycles. The summed E-state index contributed by atoms with van der Waals surface area (Å²) in [7, 11) is 0. The minimum absolute atomic E-state index is 0.0991. The van der Waals surface area contributed by atoms with Gasteiger partial charge in [-0.15, -0.1) is 0 Å². The Morgan fingerprint density at radius 3 is 2.93 bits per heavy atom. The predicted molar refractivity (Wildman–Crippen MR) is 56.4 cm³/mol. The molecule has 15 heavy (non-hydrogen) atoms. The van der Waals surface area contributed by atoms with E-state index in [1.165, 1.54) is 0 Å². The minimum atomic E-state index is -0.533. The van der Waals surface area contributed by atoms with Gasteiger partial charge < -0.3 is 20.5 Å².